The van der Waals surface area contributed by atoms with Crippen LogP contribution in [0.2, 0.25) is 0 Å². The molecule has 15 heavy (non-hydrogen) atoms. The van der Waals surface area contributed by atoms with Gasteiger partial charge in [-0.05, 0) is 19.4 Å². The number of thiazole rings is 1. The molecule has 1 N–H and O–H groups in total. The summed E-state index contributed by atoms with van der Waals surface area (Å²) in [4.78, 5) is 18.9. The zero-order chi connectivity index (χ0) is 10.8. The van der Waals surface area contributed by atoms with E-state index in [1.165, 1.54) is 16.2 Å². The molecule has 0 bridgehead atoms. The SMILES string of the molecule is CN(C)C(=O)c1nc2c(s1)CNCCC2. The second-order valence-corrected chi connectivity index (χ2v) is 4.95. The average molecular weight is 225 g/mol. The predicted molar refractivity (Wildman–Crippen MR) is 60.2 cm³/mol. The fourth-order valence-corrected chi connectivity index (χ4v) is 2.68. The average Bonchev–Trinajstić information content (AvgIpc) is 2.49. The second kappa shape index (κ2) is 4.28. The molecular weight excluding hydrogens is 210 g/mol. The molecule has 0 saturated carbocycles. The van der Waals surface area contributed by atoms with Gasteiger partial charge in [0.05, 0.1) is 5.69 Å². The van der Waals surface area contributed by atoms with Crippen LogP contribution in [-0.4, -0.2) is 36.4 Å². The lowest BCUT2D eigenvalue weighted by Crippen LogP contribution is -2.21. The highest BCUT2D eigenvalue weighted by atomic mass is 32.1. The lowest BCUT2D eigenvalue weighted by Gasteiger charge is -2.06. The molecule has 0 spiro atoms. The Labute approximate surface area is 93.3 Å². The van der Waals surface area contributed by atoms with Gasteiger partial charge in [0.25, 0.3) is 5.91 Å². The molecular formula is C10H15N3OS. The van der Waals surface area contributed by atoms with E-state index in [2.05, 4.69) is 10.3 Å². The number of hydrogen-bond acceptors (Lipinski definition) is 4. The van der Waals surface area contributed by atoms with E-state index in [1.807, 2.05) is 0 Å². The van der Waals surface area contributed by atoms with Crippen molar-refractivity contribution in [2.24, 2.45) is 0 Å². The first-order valence-corrected chi connectivity index (χ1v) is 5.91. The lowest BCUT2D eigenvalue weighted by atomic mass is 10.2. The minimum Gasteiger partial charge on any atom is -0.343 e. The maximum Gasteiger partial charge on any atom is 0.282 e. The van der Waals surface area contributed by atoms with Crippen molar-refractivity contribution in [2.45, 2.75) is 19.4 Å². The largest absolute Gasteiger partial charge is 0.343 e. The minimum atomic E-state index is 0.00748. The minimum absolute atomic E-state index is 0.00748. The summed E-state index contributed by atoms with van der Waals surface area (Å²) < 4.78 is 0. The summed E-state index contributed by atoms with van der Waals surface area (Å²) in [6.07, 6.45) is 2.09. The summed E-state index contributed by atoms with van der Waals surface area (Å²) in [6, 6.07) is 0. The van der Waals surface area contributed by atoms with E-state index in [0.29, 0.717) is 5.01 Å². The summed E-state index contributed by atoms with van der Waals surface area (Å²) in [6.45, 7) is 1.90. The number of hydrogen-bond donors (Lipinski definition) is 1. The molecule has 2 heterocycles. The van der Waals surface area contributed by atoms with Gasteiger partial charge in [-0.1, -0.05) is 0 Å². The monoisotopic (exact) mass is 225 g/mol. The number of carbonyl (C=O) groups excluding carboxylic acids is 1. The molecule has 1 aliphatic rings. The number of nitrogens with zero attached hydrogens (tertiary/aromatic N) is 2. The summed E-state index contributed by atoms with van der Waals surface area (Å²) in [5, 5.41) is 3.95. The third-order valence-corrected chi connectivity index (χ3v) is 3.51. The van der Waals surface area contributed by atoms with Crippen LogP contribution in [0.4, 0.5) is 0 Å². The van der Waals surface area contributed by atoms with Gasteiger partial charge in [-0.2, -0.15) is 0 Å². The van der Waals surface area contributed by atoms with Crippen molar-refractivity contribution >= 4 is 17.2 Å². The molecule has 1 amide bonds. The smallest absolute Gasteiger partial charge is 0.282 e. The summed E-state index contributed by atoms with van der Waals surface area (Å²) in [7, 11) is 3.51. The van der Waals surface area contributed by atoms with Gasteiger partial charge < -0.3 is 10.2 Å². The molecule has 1 aromatic heterocycles. The van der Waals surface area contributed by atoms with E-state index in [0.717, 1.165) is 31.6 Å². The predicted octanol–water partition coefficient (Wildman–Crippen LogP) is 0.881. The Balaban J connectivity index is 2.25. The molecule has 1 aromatic rings. The van der Waals surface area contributed by atoms with Crippen molar-refractivity contribution in [3.8, 4) is 0 Å². The van der Waals surface area contributed by atoms with Crippen LogP contribution >= 0.6 is 11.3 Å². The quantitative estimate of drug-likeness (QED) is 0.771. The Hall–Kier alpha value is -0.940. The zero-order valence-electron chi connectivity index (χ0n) is 9.04. The number of nitrogens with one attached hydrogen (secondary N) is 1. The zero-order valence-corrected chi connectivity index (χ0v) is 9.86. The Kier molecular flexibility index (Phi) is 3.02. The number of carbonyl (C=O) groups is 1. The highest BCUT2D eigenvalue weighted by molar-refractivity contribution is 7.13. The van der Waals surface area contributed by atoms with Crippen LogP contribution in [0, 0.1) is 0 Å². The topological polar surface area (TPSA) is 45.2 Å². The molecule has 82 valence electrons. The van der Waals surface area contributed by atoms with Gasteiger partial charge in [0.2, 0.25) is 0 Å². The normalized spacial score (nSPS) is 15.6. The van der Waals surface area contributed by atoms with Crippen LogP contribution in [0.5, 0.6) is 0 Å². The molecule has 4 nitrogen and oxygen atoms in total. The first-order valence-electron chi connectivity index (χ1n) is 5.09. The molecule has 1 aliphatic heterocycles. The van der Waals surface area contributed by atoms with Gasteiger partial charge in [0, 0.05) is 25.5 Å². The van der Waals surface area contributed by atoms with Crippen molar-refractivity contribution in [1.29, 1.82) is 0 Å². The van der Waals surface area contributed by atoms with E-state index < -0.39 is 0 Å². The van der Waals surface area contributed by atoms with Crippen LogP contribution in [0.1, 0.15) is 26.8 Å². The van der Waals surface area contributed by atoms with Crippen LogP contribution in [0.25, 0.3) is 0 Å². The first kappa shape index (κ1) is 10.6. The van der Waals surface area contributed by atoms with Crippen molar-refractivity contribution in [3.63, 3.8) is 0 Å². The van der Waals surface area contributed by atoms with Gasteiger partial charge in [-0.15, -0.1) is 11.3 Å². The molecule has 0 radical (unpaired) electrons. The number of rotatable bonds is 1. The van der Waals surface area contributed by atoms with Crippen molar-refractivity contribution < 1.29 is 4.79 Å². The Morgan fingerprint density at radius 1 is 1.53 bits per heavy atom. The molecule has 0 atom stereocenters. The van der Waals surface area contributed by atoms with E-state index in [-0.39, 0.29) is 5.91 Å². The summed E-state index contributed by atoms with van der Waals surface area (Å²) >= 11 is 1.52. The van der Waals surface area contributed by atoms with Crippen LogP contribution in [-0.2, 0) is 13.0 Å². The van der Waals surface area contributed by atoms with Gasteiger partial charge in [0.1, 0.15) is 0 Å². The van der Waals surface area contributed by atoms with E-state index in [9.17, 15) is 4.79 Å². The Morgan fingerprint density at radius 2 is 2.33 bits per heavy atom. The second-order valence-electron chi connectivity index (χ2n) is 3.87. The molecule has 0 saturated heterocycles. The van der Waals surface area contributed by atoms with Crippen LogP contribution in [0.15, 0.2) is 0 Å². The molecule has 0 aromatic carbocycles. The number of aryl methyl sites for hydroxylation is 1. The maximum atomic E-state index is 11.7. The number of amides is 1. The third kappa shape index (κ3) is 2.18. The lowest BCUT2D eigenvalue weighted by molar-refractivity contribution is 0.0827. The van der Waals surface area contributed by atoms with Crippen LogP contribution < -0.4 is 5.32 Å². The summed E-state index contributed by atoms with van der Waals surface area (Å²) in [5.41, 5.74) is 1.11. The van der Waals surface area contributed by atoms with E-state index in [4.69, 9.17) is 0 Å². The highest BCUT2D eigenvalue weighted by Gasteiger charge is 2.18. The molecule has 0 unspecified atom stereocenters. The van der Waals surface area contributed by atoms with Crippen LogP contribution in [0.3, 0.4) is 0 Å². The number of aromatic nitrogens is 1. The summed E-state index contributed by atoms with van der Waals surface area (Å²) in [5.74, 6) is 0.00748. The molecule has 0 fully saturated rings. The van der Waals surface area contributed by atoms with Crippen molar-refractivity contribution in [2.75, 3.05) is 20.6 Å². The Morgan fingerprint density at radius 3 is 3.07 bits per heavy atom. The molecule has 2 rings (SSSR count). The third-order valence-electron chi connectivity index (χ3n) is 2.42. The fraction of sp³-hybridized carbons (Fsp3) is 0.600. The van der Waals surface area contributed by atoms with E-state index >= 15 is 0 Å². The fourth-order valence-electron chi connectivity index (χ4n) is 1.58. The van der Waals surface area contributed by atoms with Gasteiger partial charge >= 0.3 is 0 Å². The van der Waals surface area contributed by atoms with Crippen molar-refractivity contribution in [1.82, 2.24) is 15.2 Å². The van der Waals surface area contributed by atoms with E-state index in [1.54, 1.807) is 19.0 Å². The van der Waals surface area contributed by atoms with Gasteiger partial charge in [-0.25, -0.2) is 4.98 Å². The molecule has 5 heteroatoms. The van der Waals surface area contributed by atoms with Gasteiger partial charge in [-0.3, -0.25) is 4.79 Å². The Bertz CT molecular complexity index is 349. The highest BCUT2D eigenvalue weighted by Crippen LogP contribution is 2.22. The van der Waals surface area contributed by atoms with Gasteiger partial charge in [0.15, 0.2) is 5.01 Å². The number of fused-ring (bicyclic) bond motifs is 1. The van der Waals surface area contributed by atoms with Crippen molar-refractivity contribution in [3.05, 3.63) is 15.6 Å². The maximum absolute atomic E-state index is 11.7. The first-order chi connectivity index (χ1) is 7.18. The molecule has 0 aliphatic carbocycles. The standard InChI is InChI=1S/C10H15N3OS/c1-13(2)10(14)9-12-7-4-3-5-11-6-8(7)15-9/h11H,3-6H2,1-2H3.